The summed E-state index contributed by atoms with van der Waals surface area (Å²) in [5.74, 6) is 2.47. The standard InChI is InChI=1S/C17H32N2O/c1-4-13(2)16-10-19(9-14-7-8-20-11-14)17(3,12-18-16)15-5-6-15/h13-16,18H,4-12H2,1-3H3. The van der Waals surface area contributed by atoms with Crippen molar-refractivity contribution in [1.82, 2.24) is 10.2 Å². The molecule has 2 saturated heterocycles. The molecule has 0 spiro atoms. The lowest BCUT2D eigenvalue weighted by molar-refractivity contribution is 0.0101. The minimum absolute atomic E-state index is 0.395. The van der Waals surface area contributed by atoms with Gasteiger partial charge in [-0.2, -0.15) is 0 Å². The first-order valence-corrected chi connectivity index (χ1v) is 8.69. The van der Waals surface area contributed by atoms with Gasteiger partial charge in [0.25, 0.3) is 0 Å². The lowest BCUT2D eigenvalue weighted by Crippen LogP contribution is -2.66. The summed E-state index contributed by atoms with van der Waals surface area (Å²) in [5, 5.41) is 3.86. The van der Waals surface area contributed by atoms with Crippen LogP contribution >= 0.6 is 0 Å². The molecule has 2 heterocycles. The van der Waals surface area contributed by atoms with Crippen LogP contribution in [-0.4, -0.2) is 49.3 Å². The predicted octanol–water partition coefficient (Wildman–Crippen LogP) is 2.51. The van der Waals surface area contributed by atoms with Gasteiger partial charge >= 0.3 is 0 Å². The molecule has 0 bridgehead atoms. The third kappa shape index (κ3) is 2.90. The monoisotopic (exact) mass is 280 g/mol. The number of hydrogen-bond acceptors (Lipinski definition) is 3. The number of nitrogens with zero attached hydrogens (tertiary/aromatic N) is 1. The van der Waals surface area contributed by atoms with Crippen LogP contribution in [-0.2, 0) is 4.74 Å². The fourth-order valence-corrected chi connectivity index (χ4v) is 4.06. The molecular weight excluding hydrogens is 248 g/mol. The maximum absolute atomic E-state index is 5.60. The molecule has 1 aliphatic carbocycles. The molecule has 0 aromatic rings. The van der Waals surface area contributed by atoms with Crippen molar-refractivity contribution in [3.8, 4) is 0 Å². The van der Waals surface area contributed by atoms with Gasteiger partial charge in [-0.3, -0.25) is 4.90 Å². The normalized spacial score (nSPS) is 41.0. The first-order valence-electron chi connectivity index (χ1n) is 8.69. The van der Waals surface area contributed by atoms with Crippen molar-refractivity contribution in [2.75, 3.05) is 32.8 Å². The van der Waals surface area contributed by atoms with Gasteiger partial charge in [0.05, 0.1) is 6.61 Å². The second kappa shape index (κ2) is 5.94. The summed E-state index contributed by atoms with van der Waals surface area (Å²) in [5.41, 5.74) is 0.395. The van der Waals surface area contributed by atoms with Crippen LogP contribution in [0.1, 0.15) is 46.5 Å². The topological polar surface area (TPSA) is 24.5 Å². The lowest BCUT2D eigenvalue weighted by Gasteiger charge is -2.50. The Hall–Kier alpha value is -0.120. The molecule has 3 aliphatic rings. The van der Waals surface area contributed by atoms with E-state index in [1.165, 1.54) is 45.3 Å². The molecule has 0 amide bonds. The van der Waals surface area contributed by atoms with E-state index >= 15 is 0 Å². The molecule has 2 aliphatic heterocycles. The molecule has 4 unspecified atom stereocenters. The van der Waals surface area contributed by atoms with Crippen LogP contribution in [0.3, 0.4) is 0 Å². The van der Waals surface area contributed by atoms with Gasteiger partial charge < -0.3 is 10.1 Å². The Morgan fingerprint density at radius 1 is 1.35 bits per heavy atom. The summed E-state index contributed by atoms with van der Waals surface area (Å²) >= 11 is 0. The van der Waals surface area contributed by atoms with E-state index in [-0.39, 0.29) is 0 Å². The van der Waals surface area contributed by atoms with Crippen molar-refractivity contribution < 1.29 is 4.74 Å². The van der Waals surface area contributed by atoms with Crippen LogP contribution in [0.25, 0.3) is 0 Å². The first-order chi connectivity index (χ1) is 9.63. The summed E-state index contributed by atoms with van der Waals surface area (Å²) in [6.07, 6.45) is 5.41. The average molecular weight is 280 g/mol. The molecule has 1 N–H and O–H groups in total. The van der Waals surface area contributed by atoms with E-state index in [0.29, 0.717) is 11.6 Å². The summed E-state index contributed by atoms with van der Waals surface area (Å²) < 4.78 is 5.60. The Kier molecular flexibility index (Phi) is 4.40. The zero-order valence-corrected chi connectivity index (χ0v) is 13.5. The predicted molar refractivity (Wildman–Crippen MR) is 82.9 cm³/mol. The maximum Gasteiger partial charge on any atom is 0.0507 e. The fraction of sp³-hybridized carbons (Fsp3) is 1.00. The van der Waals surface area contributed by atoms with Gasteiger partial charge in [-0.1, -0.05) is 20.3 Å². The zero-order chi connectivity index (χ0) is 14.2. The summed E-state index contributed by atoms with van der Waals surface area (Å²) in [6, 6.07) is 0.675. The first kappa shape index (κ1) is 14.8. The van der Waals surface area contributed by atoms with Gasteiger partial charge in [0.2, 0.25) is 0 Å². The number of ether oxygens (including phenoxy) is 1. The highest BCUT2D eigenvalue weighted by atomic mass is 16.5. The van der Waals surface area contributed by atoms with E-state index in [4.69, 9.17) is 4.74 Å². The molecule has 116 valence electrons. The Bertz CT molecular complexity index is 325. The van der Waals surface area contributed by atoms with Gasteiger partial charge in [-0.25, -0.2) is 0 Å². The van der Waals surface area contributed by atoms with Crippen molar-refractivity contribution in [3.05, 3.63) is 0 Å². The van der Waals surface area contributed by atoms with Crippen molar-refractivity contribution >= 4 is 0 Å². The molecule has 20 heavy (non-hydrogen) atoms. The van der Waals surface area contributed by atoms with Gasteiger partial charge in [-0.05, 0) is 43.9 Å². The van der Waals surface area contributed by atoms with E-state index in [0.717, 1.165) is 31.0 Å². The highest BCUT2D eigenvalue weighted by Gasteiger charge is 2.49. The number of hydrogen-bond donors (Lipinski definition) is 1. The molecule has 3 heteroatoms. The third-order valence-corrected chi connectivity index (χ3v) is 6.15. The minimum atomic E-state index is 0.395. The zero-order valence-electron chi connectivity index (χ0n) is 13.5. The maximum atomic E-state index is 5.60. The second-order valence-electron chi connectivity index (χ2n) is 7.64. The molecule has 0 aromatic heterocycles. The SMILES string of the molecule is CCC(C)C1CN(CC2CCOC2)C(C)(C2CC2)CN1. The third-order valence-electron chi connectivity index (χ3n) is 6.15. The smallest absolute Gasteiger partial charge is 0.0507 e. The number of rotatable bonds is 5. The van der Waals surface area contributed by atoms with E-state index < -0.39 is 0 Å². The van der Waals surface area contributed by atoms with Crippen LogP contribution in [0.4, 0.5) is 0 Å². The summed E-state index contributed by atoms with van der Waals surface area (Å²) in [6.45, 7) is 12.8. The Balaban J connectivity index is 1.68. The van der Waals surface area contributed by atoms with Crippen LogP contribution in [0.15, 0.2) is 0 Å². The lowest BCUT2D eigenvalue weighted by atomic mass is 9.85. The van der Waals surface area contributed by atoms with E-state index in [1.807, 2.05) is 0 Å². The molecule has 1 saturated carbocycles. The molecule has 4 atom stereocenters. The van der Waals surface area contributed by atoms with Crippen LogP contribution < -0.4 is 5.32 Å². The molecule has 3 rings (SSSR count). The van der Waals surface area contributed by atoms with E-state index in [9.17, 15) is 0 Å². The van der Waals surface area contributed by atoms with Gasteiger partial charge in [0.1, 0.15) is 0 Å². The van der Waals surface area contributed by atoms with Gasteiger partial charge in [0, 0.05) is 37.8 Å². The summed E-state index contributed by atoms with van der Waals surface area (Å²) in [4.78, 5) is 2.83. The van der Waals surface area contributed by atoms with Crippen LogP contribution in [0, 0.1) is 17.8 Å². The number of nitrogens with one attached hydrogen (secondary N) is 1. The highest BCUT2D eigenvalue weighted by Crippen LogP contribution is 2.44. The number of piperazine rings is 1. The van der Waals surface area contributed by atoms with Crippen molar-refractivity contribution in [2.45, 2.75) is 58.0 Å². The Labute approximate surface area is 124 Å². The van der Waals surface area contributed by atoms with Gasteiger partial charge in [-0.15, -0.1) is 0 Å². The molecule has 3 fully saturated rings. The van der Waals surface area contributed by atoms with Crippen LogP contribution in [0.2, 0.25) is 0 Å². The highest BCUT2D eigenvalue weighted by molar-refractivity contribution is 5.05. The quantitative estimate of drug-likeness (QED) is 0.837. The minimum Gasteiger partial charge on any atom is -0.381 e. The van der Waals surface area contributed by atoms with Crippen LogP contribution in [0.5, 0.6) is 0 Å². The van der Waals surface area contributed by atoms with Crippen molar-refractivity contribution in [1.29, 1.82) is 0 Å². The summed E-state index contributed by atoms with van der Waals surface area (Å²) in [7, 11) is 0. The average Bonchev–Trinajstić information content (AvgIpc) is 3.20. The largest absolute Gasteiger partial charge is 0.381 e. The van der Waals surface area contributed by atoms with Crippen molar-refractivity contribution in [2.24, 2.45) is 17.8 Å². The molecule has 3 nitrogen and oxygen atoms in total. The molecule has 0 aromatic carbocycles. The van der Waals surface area contributed by atoms with Crippen molar-refractivity contribution in [3.63, 3.8) is 0 Å². The van der Waals surface area contributed by atoms with E-state index in [2.05, 4.69) is 31.0 Å². The van der Waals surface area contributed by atoms with E-state index in [1.54, 1.807) is 0 Å². The fourth-order valence-electron chi connectivity index (χ4n) is 4.06. The molecular formula is C17H32N2O. The molecule has 0 radical (unpaired) electrons. The Morgan fingerprint density at radius 2 is 2.15 bits per heavy atom. The Morgan fingerprint density at radius 3 is 2.75 bits per heavy atom. The van der Waals surface area contributed by atoms with Gasteiger partial charge in [0.15, 0.2) is 0 Å². The second-order valence-corrected chi connectivity index (χ2v) is 7.64.